The van der Waals surface area contributed by atoms with E-state index in [4.69, 9.17) is 0 Å². The molecule has 7 heteroatoms. The van der Waals surface area contributed by atoms with Gasteiger partial charge in [-0.2, -0.15) is 0 Å². The van der Waals surface area contributed by atoms with E-state index >= 15 is 0 Å². The minimum absolute atomic E-state index is 0.0808. The van der Waals surface area contributed by atoms with Crippen molar-refractivity contribution in [2.45, 2.75) is 26.2 Å². The summed E-state index contributed by atoms with van der Waals surface area (Å²) in [6.07, 6.45) is 2.28. The predicted molar refractivity (Wildman–Crippen MR) is 72.9 cm³/mol. The highest BCUT2D eigenvalue weighted by Gasteiger charge is 2.11. The zero-order valence-corrected chi connectivity index (χ0v) is 12.3. The predicted octanol–water partition coefficient (Wildman–Crippen LogP) is -0.226. The van der Waals surface area contributed by atoms with E-state index in [-0.39, 0.29) is 18.2 Å². The Bertz CT molecular complexity index is 328. The number of carbonyl (C=O) groups is 1. The molecule has 6 nitrogen and oxygen atoms in total. The molecule has 0 aromatic rings. The topological polar surface area (TPSA) is 78.5 Å². The first-order chi connectivity index (χ1) is 8.37. The summed E-state index contributed by atoms with van der Waals surface area (Å²) in [4.78, 5) is 13.4. The van der Waals surface area contributed by atoms with E-state index in [1.54, 1.807) is 0 Å². The van der Waals surface area contributed by atoms with Crippen LogP contribution in [0.1, 0.15) is 26.2 Å². The normalized spacial score (nSPS) is 11.8. The number of rotatable bonds is 10. The van der Waals surface area contributed by atoms with E-state index in [1.165, 1.54) is 0 Å². The third-order valence-corrected chi connectivity index (χ3v) is 3.73. The van der Waals surface area contributed by atoms with Crippen LogP contribution >= 0.6 is 0 Å². The lowest BCUT2D eigenvalue weighted by Gasteiger charge is -2.10. The first kappa shape index (κ1) is 17.3. The zero-order chi connectivity index (χ0) is 14.0. The fraction of sp³-hybridized carbons (Fsp3) is 0.909. The van der Waals surface area contributed by atoms with Gasteiger partial charge in [0.2, 0.25) is 15.9 Å². The van der Waals surface area contributed by atoms with Gasteiger partial charge in [0.25, 0.3) is 0 Å². The molecule has 0 fully saturated rings. The first-order valence-electron chi connectivity index (χ1n) is 6.26. The lowest BCUT2D eigenvalue weighted by atomic mass is 10.4. The van der Waals surface area contributed by atoms with Gasteiger partial charge >= 0.3 is 0 Å². The Morgan fingerprint density at radius 3 is 2.44 bits per heavy atom. The van der Waals surface area contributed by atoms with Crippen LogP contribution in [0.5, 0.6) is 0 Å². The Labute approximate surface area is 110 Å². The molecule has 0 unspecified atom stereocenters. The fourth-order valence-electron chi connectivity index (χ4n) is 1.27. The lowest BCUT2D eigenvalue weighted by Crippen LogP contribution is -2.38. The van der Waals surface area contributed by atoms with Crippen LogP contribution in [0.4, 0.5) is 0 Å². The molecule has 0 aromatic heterocycles. The van der Waals surface area contributed by atoms with E-state index in [2.05, 4.69) is 10.0 Å². The molecule has 108 valence electrons. The van der Waals surface area contributed by atoms with Crippen molar-refractivity contribution in [3.8, 4) is 0 Å². The Morgan fingerprint density at radius 2 is 1.89 bits per heavy atom. The van der Waals surface area contributed by atoms with Crippen molar-refractivity contribution >= 4 is 15.9 Å². The van der Waals surface area contributed by atoms with Gasteiger partial charge in [-0.25, -0.2) is 13.1 Å². The van der Waals surface area contributed by atoms with Crippen molar-refractivity contribution in [2.24, 2.45) is 0 Å². The highest BCUT2D eigenvalue weighted by Crippen LogP contribution is 1.92. The second-order valence-corrected chi connectivity index (χ2v) is 6.43. The van der Waals surface area contributed by atoms with Crippen molar-refractivity contribution in [1.82, 2.24) is 14.9 Å². The molecule has 0 bridgehead atoms. The summed E-state index contributed by atoms with van der Waals surface area (Å²) in [7, 11) is 0.622. The molecular formula is C11H25N3O3S. The Hall–Kier alpha value is -0.660. The van der Waals surface area contributed by atoms with Crippen molar-refractivity contribution in [3.05, 3.63) is 0 Å². The fourth-order valence-corrected chi connectivity index (χ4v) is 2.43. The van der Waals surface area contributed by atoms with Gasteiger partial charge in [-0.05, 0) is 33.5 Å². The largest absolute Gasteiger partial charge is 0.355 e. The summed E-state index contributed by atoms with van der Waals surface area (Å²) < 4.78 is 25.1. The quantitative estimate of drug-likeness (QED) is 0.542. The summed E-state index contributed by atoms with van der Waals surface area (Å²) in [5.41, 5.74) is 0. The van der Waals surface area contributed by atoms with Crippen molar-refractivity contribution in [3.63, 3.8) is 0 Å². The Kier molecular flexibility index (Phi) is 8.95. The standard InChI is InChI=1S/C11H25N3O3S/c1-4-5-9-18(16,17)13-10-11(15)12-7-6-8-14(2)3/h13H,4-10H2,1-3H3,(H,12,15). The van der Waals surface area contributed by atoms with Crippen LogP contribution in [0.25, 0.3) is 0 Å². The maximum Gasteiger partial charge on any atom is 0.235 e. The van der Waals surface area contributed by atoms with Gasteiger partial charge in [-0.3, -0.25) is 4.79 Å². The van der Waals surface area contributed by atoms with Crippen molar-refractivity contribution in [1.29, 1.82) is 0 Å². The molecule has 0 saturated carbocycles. The highest BCUT2D eigenvalue weighted by atomic mass is 32.2. The number of hydrogen-bond donors (Lipinski definition) is 2. The summed E-state index contributed by atoms with van der Waals surface area (Å²) in [6.45, 7) is 3.21. The van der Waals surface area contributed by atoms with Gasteiger partial charge in [0, 0.05) is 6.54 Å². The van der Waals surface area contributed by atoms with Gasteiger partial charge in [0.05, 0.1) is 12.3 Å². The molecule has 2 N–H and O–H groups in total. The summed E-state index contributed by atoms with van der Waals surface area (Å²) in [5.74, 6) is -0.203. The van der Waals surface area contributed by atoms with Gasteiger partial charge in [-0.1, -0.05) is 13.3 Å². The average Bonchev–Trinajstić information content (AvgIpc) is 2.29. The van der Waals surface area contributed by atoms with Crippen LogP contribution in [0, 0.1) is 0 Å². The molecule has 0 rings (SSSR count). The zero-order valence-electron chi connectivity index (χ0n) is 11.5. The molecule has 0 heterocycles. The maximum atomic E-state index is 11.4. The van der Waals surface area contributed by atoms with Gasteiger partial charge < -0.3 is 10.2 Å². The van der Waals surface area contributed by atoms with Crippen LogP contribution in [-0.2, 0) is 14.8 Å². The molecule has 0 radical (unpaired) electrons. The number of hydrogen-bond acceptors (Lipinski definition) is 4. The Balaban J connectivity index is 3.70. The lowest BCUT2D eigenvalue weighted by molar-refractivity contribution is -0.119. The number of sulfonamides is 1. The van der Waals surface area contributed by atoms with Crippen molar-refractivity contribution < 1.29 is 13.2 Å². The van der Waals surface area contributed by atoms with Gasteiger partial charge in [0.15, 0.2) is 0 Å². The van der Waals surface area contributed by atoms with E-state index in [9.17, 15) is 13.2 Å². The van der Waals surface area contributed by atoms with Crippen molar-refractivity contribution in [2.75, 3.05) is 39.5 Å². The smallest absolute Gasteiger partial charge is 0.235 e. The van der Waals surface area contributed by atoms with E-state index in [0.717, 1.165) is 19.4 Å². The van der Waals surface area contributed by atoms with Crippen LogP contribution in [-0.4, -0.2) is 58.7 Å². The average molecular weight is 279 g/mol. The third kappa shape index (κ3) is 10.5. The van der Waals surface area contributed by atoms with Crippen LogP contribution in [0.2, 0.25) is 0 Å². The van der Waals surface area contributed by atoms with Crippen LogP contribution in [0.15, 0.2) is 0 Å². The molecular weight excluding hydrogens is 254 g/mol. The number of unbranched alkanes of at least 4 members (excludes halogenated alkanes) is 1. The third-order valence-electron chi connectivity index (χ3n) is 2.32. The van der Waals surface area contributed by atoms with Gasteiger partial charge in [-0.15, -0.1) is 0 Å². The summed E-state index contributed by atoms with van der Waals surface area (Å²) in [5, 5.41) is 2.67. The molecule has 0 aliphatic rings. The maximum absolute atomic E-state index is 11.4. The van der Waals surface area contributed by atoms with Crippen LogP contribution < -0.4 is 10.0 Å². The highest BCUT2D eigenvalue weighted by molar-refractivity contribution is 7.89. The summed E-state index contributed by atoms with van der Waals surface area (Å²) >= 11 is 0. The van der Waals surface area contributed by atoms with E-state index < -0.39 is 10.0 Å². The SMILES string of the molecule is CCCCS(=O)(=O)NCC(=O)NCCCN(C)C. The summed E-state index contributed by atoms with van der Waals surface area (Å²) in [6, 6.07) is 0. The molecule has 0 aliphatic carbocycles. The Morgan fingerprint density at radius 1 is 1.22 bits per heavy atom. The van der Waals surface area contributed by atoms with Crippen LogP contribution in [0.3, 0.4) is 0 Å². The first-order valence-corrected chi connectivity index (χ1v) is 7.91. The minimum Gasteiger partial charge on any atom is -0.355 e. The monoisotopic (exact) mass is 279 g/mol. The number of nitrogens with zero attached hydrogens (tertiary/aromatic N) is 1. The molecule has 0 atom stereocenters. The molecule has 0 aliphatic heterocycles. The number of amides is 1. The molecule has 1 amide bonds. The number of carbonyl (C=O) groups excluding carboxylic acids is 1. The second kappa shape index (κ2) is 9.29. The van der Waals surface area contributed by atoms with E-state index in [1.807, 2.05) is 25.9 Å². The molecule has 0 saturated heterocycles. The second-order valence-electron chi connectivity index (χ2n) is 4.50. The minimum atomic E-state index is -3.30. The number of nitrogens with one attached hydrogen (secondary N) is 2. The van der Waals surface area contributed by atoms with E-state index in [0.29, 0.717) is 13.0 Å². The van der Waals surface area contributed by atoms with Gasteiger partial charge in [0.1, 0.15) is 0 Å². The molecule has 0 spiro atoms. The molecule has 18 heavy (non-hydrogen) atoms. The molecule has 0 aromatic carbocycles.